The summed E-state index contributed by atoms with van der Waals surface area (Å²) in [6, 6.07) is 0. The number of carbonyl (C=O) groups excluding carboxylic acids is 1. The highest BCUT2D eigenvalue weighted by atomic mass is 16.5. The Labute approximate surface area is 93.4 Å². The van der Waals surface area contributed by atoms with Gasteiger partial charge in [-0.25, -0.2) is 0 Å². The predicted molar refractivity (Wildman–Crippen MR) is 61.8 cm³/mol. The molecule has 0 unspecified atom stereocenters. The van der Waals surface area contributed by atoms with Gasteiger partial charge in [0.05, 0.1) is 0 Å². The van der Waals surface area contributed by atoms with Crippen LogP contribution in [0, 0.1) is 11.8 Å². The Morgan fingerprint density at radius 2 is 1.93 bits per heavy atom. The van der Waals surface area contributed by atoms with Crippen LogP contribution in [0.4, 0.5) is 0 Å². The van der Waals surface area contributed by atoms with Crippen molar-refractivity contribution in [2.75, 3.05) is 7.11 Å². The van der Waals surface area contributed by atoms with Crippen LogP contribution in [-0.4, -0.2) is 18.5 Å². The molecule has 0 spiro atoms. The van der Waals surface area contributed by atoms with Gasteiger partial charge >= 0.3 is 0 Å². The van der Waals surface area contributed by atoms with Gasteiger partial charge in [0.15, 0.2) is 5.78 Å². The number of rotatable bonds is 4. The smallest absolute Gasteiger partial charge is 0.164 e. The Balaban J connectivity index is 2.64. The Kier molecular flexibility index (Phi) is 4.32. The van der Waals surface area contributed by atoms with Crippen LogP contribution in [0.15, 0.2) is 0 Å². The lowest BCUT2D eigenvalue weighted by molar-refractivity contribution is -0.146. The molecule has 1 saturated carbocycles. The van der Waals surface area contributed by atoms with Crippen molar-refractivity contribution in [1.29, 1.82) is 0 Å². The monoisotopic (exact) mass is 212 g/mol. The van der Waals surface area contributed by atoms with Crippen LogP contribution in [0.2, 0.25) is 0 Å². The predicted octanol–water partition coefficient (Wildman–Crippen LogP) is 3.20. The second kappa shape index (κ2) is 5.11. The molecule has 1 rings (SSSR count). The molecule has 0 aliphatic heterocycles. The topological polar surface area (TPSA) is 26.3 Å². The number of carbonyl (C=O) groups is 1. The molecule has 2 nitrogen and oxygen atoms in total. The Morgan fingerprint density at radius 3 is 2.33 bits per heavy atom. The van der Waals surface area contributed by atoms with E-state index < -0.39 is 5.60 Å². The van der Waals surface area contributed by atoms with Gasteiger partial charge in [-0.1, -0.05) is 20.8 Å². The summed E-state index contributed by atoms with van der Waals surface area (Å²) in [5.74, 6) is 1.50. The third kappa shape index (κ3) is 3.04. The molecule has 0 saturated heterocycles. The fraction of sp³-hybridized carbons (Fsp3) is 0.923. The summed E-state index contributed by atoms with van der Waals surface area (Å²) in [5, 5.41) is 0. The Bertz CT molecular complexity index is 213. The molecule has 88 valence electrons. The van der Waals surface area contributed by atoms with E-state index in [0.717, 1.165) is 31.6 Å². The van der Waals surface area contributed by atoms with Gasteiger partial charge in [0.2, 0.25) is 0 Å². The van der Waals surface area contributed by atoms with Crippen molar-refractivity contribution in [3.63, 3.8) is 0 Å². The fourth-order valence-corrected chi connectivity index (χ4v) is 2.38. The molecule has 0 aromatic rings. The highest BCUT2D eigenvalue weighted by Crippen LogP contribution is 2.36. The van der Waals surface area contributed by atoms with Gasteiger partial charge in [0.25, 0.3) is 0 Å². The molecule has 0 atom stereocenters. The van der Waals surface area contributed by atoms with Gasteiger partial charge in [0, 0.05) is 13.5 Å². The van der Waals surface area contributed by atoms with E-state index in [-0.39, 0.29) is 0 Å². The maximum absolute atomic E-state index is 12.1. The molecule has 0 aromatic heterocycles. The van der Waals surface area contributed by atoms with Crippen LogP contribution in [0.5, 0.6) is 0 Å². The Morgan fingerprint density at radius 1 is 1.40 bits per heavy atom. The summed E-state index contributed by atoms with van der Waals surface area (Å²) < 4.78 is 5.54. The van der Waals surface area contributed by atoms with Crippen LogP contribution >= 0.6 is 0 Å². The van der Waals surface area contributed by atoms with E-state index >= 15 is 0 Å². The highest BCUT2D eigenvalue weighted by molar-refractivity contribution is 5.87. The zero-order chi connectivity index (χ0) is 11.5. The first-order valence-corrected chi connectivity index (χ1v) is 6.08. The van der Waals surface area contributed by atoms with E-state index in [4.69, 9.17) is 4.74 Å². The van der Waals surface area contributed by atoms with Crippen molar-refractivity contribution in [3.05, 3.63) is 0 Å². The van der Waals surface area contributed by atoms with Crippen LogP contribution in [0.1, 0.15) is 52.9 Å². The van der Waals surface area contributed by atoms with Gasteiger partial charge in [-0.3, -0.25) is 4.79 Å². The third-order valence-electron chi connectivity index (χ3n) is 3.57. The van der Waals surface area contributed by atoms with Gasteiger partial charge in [0.1, 0.15) is 5.60 Å². The number of ketones is 1. The number of Topliss-reactive ketones (excluding diaryl/α,β-unsaturated/α-hetero) is 1. The zero-order valence-corrected chi connectivity index (χ0v) is 10.5. The fourth-order valence-electron chi connectivity index (χ4n) is 2.38. The largest absolute Gasteiger partial charge is 0.370 e. The minimum atomic E-state index is -0.448. The van der Waals surface area contributed by atoms with Gasteiger partial charge in [-0.05, 0) is 37.5 Å². The summed E-state index contributed by atoms with van der Waals surface area (Å²) in [7, 11) is 1.69. The van der Waals surface area contributed by atoms with Gasteiger partial charge in [-0.15, -0.1) is 0 Å². The summed E-state index contributed by atoms with van der Waals surface area (Å²) in [6.07, 6.45) is 4.73. The van der Waals surface area contributed by atoms with Crippen LogP contribution < -0.4 is 0 Å². The molecule has 0 heterocycles. The number of methoxy groups -OCH3 is 1. The van der Waals surface area contributed by atoms with E-state index in [9.17, 15) is 4.79 Å². The van der Waals surface area contributed by atoms with E-state index in [1.165, 1.54) is 0 Å². The molecule has 0 radical (unpaired) electrons. The first-order chi connectivity index (χ1) is 7.00. The molecule has 0 bridgehead atoms. The normalized spacial score (nSPS) is 31.9. The van der Waals surface area contributed by atoms with Crippen LogP contribution in [0.3, 0.4) is 0 Å². The molecule has 0 aromatic carbocycles. The minimum absolute atomic E-state index is 0.312. The number of ether oxygens (including phenoxy) is 1. The van der Waals surface area contributed by atoms with Crippen LogP contribution in [-0.2, 0) is 9.53 Å². The van der Waals surface area contributed by atoms with Crippen molar-refractivity contribution >= 4 is 5.78 Å². The number of hydrogen-bond acceptors (Lipinski definition) is 2. The highest BCUT2D eigenvalue weighted by Gasteiger charge is 2.40. The lowest BCUT2D eigenvalue weighted by Crippen LogP contribution is -2.44. The van der Waals surface area contributed by atoms with E-state index in [2.05, 4.69) is 20.8 Å². The van der Waals surface area contributed by atoms with Crippen molar-refractivity contribution < 1.29 is 9.53 Å². The van der Waals surface area contributed by atoms with Crippen molar-refractivity contribution in [3.8, 4) is 0 Å². The SMILES string of the molecule is COC1(C(=O)CC(C)C)CCC(C)CC1. The average Bonchev–Trinajstić information content (AvgIpc) is 2.18. The average molecular weight is 212 g/mol. The van der Waals surface area contributed by atoms with E-state index in [1.807, 2.05) is 0 Å². The first-order valence-electron chi connectivity index (χ1n) is 6.08. The molecule has 1 aliphatic rings. The summed E-state index contributed by atoms with van der Waals surface area (Å²) in [5.41, 5.74) is -0.448. The number of hydrogen-bond donors (Lipinski definition) is 0. The first kappa shape index (κ1) is 12.7. The van der Waals surface area contributed by atoms with Crippen molar-refractivity contribution in [2.45, 2.75) is 58.5 Å². The third-order valence-corrected chi connectivity index (χ3v) is 3.57. The van der Waals surface area contributed by atoms with E-state index in [1.54, 1.807) is 7.11 Å². The Hall–Kier alpha value is -0.370. The van der Waals surface area contributed by atoms with Crippen LogP contribution in [0.25, 0.3) is 0 Å². The lowest BCUT2D eigenvalue weighted by Gasteiger charge is -2.37. The van der Waals surface area contributed by atoms with Crippen molar-refractivity contribution in [2.24, 2.45) is 11.8 Å². The zero-order valence-electron chi connectivity index (χ0n) is 10.5. The second-order valence-electron chi connectivity index (χ2n) is 5.40. The maximum Gasteiger partial charge on any atom is 0.164 e. The summed E-state index contributed by atoms with van der Waals surface area (Å²) >= 11 is 0. The molecule has 0 amide bonds. The molecule has 1 fully saturated rings. The quantitative estimate of drug-likeness (QED) is 0.715. The second-order valence-corrected chi connectivity index (χ2v) is 5.40. The molecule has 0 N–H and O–H groups in total. The molecule has 1 aliphatic carbocycles. The molecular formula is C13H24O2. The maximum atomic E-state index is 12.1. The van der Waals surface area contributed by atoms with Gasteiger partial charge < -0.3 is 4.74 Å². The molecular weight excluding hydrogens is 188 g/mol. The van der Waals surface area contributed by atoms with Gasteiger partial charge in [-0.2, -0.15) is 0 Å². The summed E-state index contributed by atoms with van der Waals surface area (Å²) in [6.45, 7) is 6.44. The molecule has 2 heteroatoms. The minimum Gasteiger partial charge on any atom is -0.370 e. The van der Waals surface area contributed by atoms with E-state index in [0.29, 0.717) is 18.1 Å². The van der Waals surface area contributed by atoms with Crippen molar-refractivity contribution in [1.82, 2.24) is 0 Å². The summed E-state index contributed by atoms with van der Waals surface area (Å²) in [4.78, 5) is 12.1. The standard InChI is InChI=1S/C13H24O2/c1-10(2)9-12(14)13(15-4)7-5-11(3)6-8-13/h10-11H,5-9H2,1-4H3. The lowest BCUT2D eigenvalue weighted by atomic mass is 9.75. The molecule has 15 heavy (non-hydrogen) atoms.